The van der Waals surface area contributed by atoms with E-state index in [0.717, 1.165) is 29.2 Å². The van der Waals surface area contributed by atoms with Gasteiger partial charge in [0.05, 0.1) is 12.2 Å². The Morgan fingerprint density at radius 2 is 1.51 bits per heavy atom. The summed E-state index contributed by atoms with van der Waals surface area (Å²) in [5, 5.41) is 9.95. The number of ether oxygens (including phenoxy) is 3. The fourth-order valence-corrected chi connectivity index (χ4v) is 3.91. The van der Waals surface area contributed by atoms with Crippen LogP contribution in [0, 0.1) is 0 Å². The summed E-state index contributed by atoms with van der Waals surface area (Å²) in [5.74, 6) is 1.64. The molecule has 0 bridgehead atoms. The number of nitrogens with zero attached hydrogens (tertiary/aromatic N) is 1. The third-order valence-electron chi connectivity index (χ3n) is 5.67. The first kappa shape index (κ1) is 26.2. The smallest absolute Gasteiger partial charge is 0.335 e. The van der Waals surface area contributed by atoms with Gasteiger partial charge in [0, 0.05) is 37.3 Å². The minimum Gasteiger partial charge on any atom is -0.478 e. The van der Waals surface area contributed by atoms with Crippen molar-refractivity contribution in [1.82, 2.24) is 4.90 Å². The maximum absolute atomic E-state index is 11.3. The van der Waals surface area contributed by atoms with Crippen molar-refractivity contribution in [3.8, 4) is 23.0 Å². The van der Waals surface area contributed by atoms with Gasteiger partial charge in [0.15, 0.2) is 0 Å². The van der Waals surface area contributed by atoms with Gasteiger partial charge in [-0.1, -0.05) is 48.0 Å². The Bertz CT molecular complexity index is 1310. The number of benzene rings is 4. The minimum atomic E-state index is -0.992. The highest BCUT2D eigenvalue weighted by atomic mass is 35.5. The Morgan fingerprint density at radius 3 is 2.22 bits per heavy atom. The molecule has 4 aromatic rings. The molecular weight excluding hydrogens is 490 g/mol. The van der Waals surface area contributed by atoms with Crippen LogP contribution in [0.3, 0.4) is 0 Å². The number of halogens is 1. The zero-order chi connectivity index (χ0) is 26.0. The van der Waals surface area contributed by atoms with Crippen molar-refractivity contribution in [1.29, 1.82) is 0 Å². The van der Waals surface area contributed by atoms with Crippen molar-refractivity contribution < 1.29 is 24.1 Å². The van der Waals surface area contributed by atoms with Gasteiger partial charge in [0.2, 0.25) is 0 Å². The van der Waals surface area contributed by atoms with Crippen molar-refractivity contribution >= 4 is 17.6 Å². The van der Waals surface area contributed by atoms with Crippen LogP contribution in [0.5, 0.6) is 23.0 Å². The summed E-state index contributed by atoms with van der Waals surface area (Å²) in [7, 11) is 1.69. The molecule has 0 heterocycles. The molecule has 6 nitrogen and oxygen atoms in total. The molecular formula is C30H28ClNO5. The summed E-state index contributed by atoms with van der Waals surface area (Å²) in [6.07, 6.45) is 0. The monoisotopic (exact) mass is 517 g/mol. The number of rotatable bonds is 12. The van der Waals surface area contributed by atoms with Gasteiger partial charge in [0.1, 0.15) is 23.0 Å². The van der Waals surface area contributed by atoms with E-state index in [-0.39, 0.29) is 5.56 Å². The Balaban J connectivity index is 1.46. The Morgan fingerprint density at radius 1 is 0.811 bits per heavy atom. The van der Waals surface area contributed by atoms with Crippen molar-refractivity contribution in [3.05, 3.63) is 119 Å². The molecule has 4 aromatic carbocycles. The molecule has 0 amide bonds. The average molecular weight is 518 g/mol. The molecule has 37 heavy (non-hydrogen) atoms. The van der Waals surface area contributed by atoms with E-state index in [9.17, 15) is 9.90 Å². The SMILES string of the molecule is COCCN(Cc1ccc(Oc2ccc(Cl)cc2)cc1)Cc1ccccc1Oc1cccc(C(=O)O)c1. The van der Waals surface area contributed by atoms with Crippen molar-refractivity contribution in [2.75, 3.05) is 20.3 Å². The molecule has 0 unspecified atom stereocenters. The highest BCUT2D eigenvalue weighted by Crippen LogP contribution is 2.28. The van der Waals surface area contributed by atoms with Gasteiger partial charge in [-0.2, -0.15) is 0 Å². The number of methoxy groups -OCH3 is 1. The molecule has 0 aliphatic rings. The van der Waals surface area contributed by atoms with Gasteiger partial charge in [0.25, 0.3) is 0 Å². The quantitative estimate of drug-likeness (QED) is 0.213. The highest BCUT2D eigenvalue weighted by Gasteiger charge is 2.13. The first-order valence-electron chi connectivity index (χ1n) is 11.8. The second kappa shape index (κ2) is 12.9. The summed E-state index contributed by atoms with van der Waals surface area (Å²) in [6, 6.07) is 29.5. The van der Waals surface area contributed by atoms with E-state index in [1.165, 1.54) is 6.07 Å². The molecule has 1 N–H and O–H groups in total. The number of carboxylic acids is 1. The molecule has 0 radical (unpaired) electrons. The van der Waals surface area contributed by atoms with E-state index in [2.05, 4.69) is 4.90 Å². The van der Waals surface area contributed by atoms with E-state index in [0.29, 0.717) is 36.2 Å². The predicted octanol–water partition coefficient (Wildman–Crippen LogP) is 7.27. The molecule has 0 fully saturated rings. The van der Waals surface area contributed by atoms with Crippen LogP contribution in [0.15, 0.2) is 97.1 Å². The van der Waals surface area contributed by atoms with Crippen LogP contribution in [0.2, 0.25) is 5.02 Å². The Labute approximate surface area is 221 Å². The lowest BCUT2D eigenvalue weighted by Gasteiger charge is -2.23. The van der Waals surface area contributed by atoms with E-state index in [1.54, 1.807) is 37.4 Å². The number of carbonyl (C=O) groups is 1. The number of hydrogen-bond acceptors (Lipinski definition) is 5. The third-order valence-corrected chi connectivity index (χ3v) is 5.92. The van der Waals surface area contributed by atoms with Crippen LogP contribution in [-0.2, 0) is 17.8 Å². The molecule has 0 aromatic heterocycles. The molecule has 0 aliphatic heterocycles. The fourth-order valence-electron chi connectivity index (χ4n) is 3.79. The molecule has 0 spiro atoms. The molecule has 0 saturated carbocycles. The van der Waals surface area contributed by atoms with Crippen LogP contribution in [-0.4, -0.2) is 36.2 Å². The second-order valence-corrected chi connectivity index (χ2v) is 8.88. The van der Waals surface area contributed by atoms with Crippen LogP contribution < -0.4 is 9.47 Å². The number of hydrogen-bond donors (Lipinski definition) is 1. The molecule has 4 rings (SSSR count). The average Bonchev–Trinajstić information content (AvgIpc) is 2.91. The molecule has 0 aliphatic carbocycles. The predicted molar refractivity (Wildman–Crippen MR) is 144 cm³/mol. The van der Waals surface area contributed by atoms with Gasteiger partial charge in [-0.25, -0.2) is 4.79 Å². The molecule has 0 atom stereocenters. The van der Waals surface area contributed by atoms with E-state index < -0.39 is 5.97 Å². The number of carboxylic acid groups (broad SMARTS) is 1. The standard InChI is InChI=1S/C30H28ClNO5/c1-35-18-17-32(20-22-9-13-26(14-10-22)36-27-15-11-25(31)12-16-27)21-24-5-2-3-8-29(24)37-28-7-4-6-23(19-28)30(33)34/h2-16,19H,17-18,20-21H2,1H3,(H,33,34). The van der Waals surface area contributed by atoms with E-state index >= 15 is 0 Å². The Kier molecular flexibility index (Phi) is 9.16. The zero-order valence-corrected chi connectivity index (χ0v) is 21.2. The molecule has 0 saturated heterocycles. The summed E-state index contributed by atoms with van der Waals surface area (Å²) >= 11 is 5.95. The van der Waals surface area contributed by atoms with Crippen molar-refractivity contribution in [2.24, 2.45) is 0 Å². The lowest BCUT2D eigenvalue weighted by Crippen LogP contribution is -2.26. The molecule has 7 heteroatoms. The summed E-state index contributed by atoms with van der Waals surface area (Å²) in [6.45, 7) is 2.64. The van der Waals surface area contributed by atoms with Gasteiger partial charge < -0.3 is 19.3 Å². The summed E-state index contributed by atoms with van der Waals surface area (Å²) < 4.78 is 17.3. The van der Waals surface area contributed by atoms with Crippen LogP contribution >= 0.6 is 11.6 Å². The third kappa shape index (κ3) is 7.82. The maximum Gasteiger partial charge on any atom is 0.335 e. The minimum absolute atomic E-state index is 0.181. The fraction of sp³-hybridized carbons (Fsp3) is 0.167. The van der Waals surface area contributed by atoms with Crippen LogP contribution in [0.4, 0.5) is 0 Å². The second-order valence-electron chi connectivity index (χ2n) is 8.45. The highest BCUT2D eigenvalue weighted by molar-refractivity contribution is 6.30. The van der Waals surface area contributed by atoms with Crippen LogP contribution in [0.1, 0.15) is 21.5 Å². The van der Waals surface area contributed by atoms with E-state index in [1.807, 2.05) is 60.7 Å². The van der Waals surface area contributed by atoms with Crippen molar-refractivity contribution in [3.63, 3.8) is 0 Å². The first-order valence-corrected chi connectivity index (χ1v) is 12.2. The topological polar surface area (TPSA) is 68.2 Å². The van der Waals surface area contributed by atoms with Gasteiger partial charge in [-0.3, -0.25) is 4.90 Å². The lowest BCUT2D eigenvalue weighted by molar-refractivity contribution is 0.0696. The van der Waals surface area contributed by atoms with Gasteiger partial charge in [-0.15, -0.1) is 0 Å². The van der Waals surface area contributed by atoms with E-state index in [4.69, 9.17) is 25.8 Å². The lowest BCUT2D eigenvalue weighted by atomic mass is 10.1. The number of para-hydroxylation sites is 1. The van der Waals surface area contributed by atoms with Gasteiger partial charge >= 0.3 is 5.97 Å². The summed E-state index contributed by atoms with van der Waals surface area (Å²) in [5.41, 5.74) is 2.30. The zero-order valence-electron chi connectivity index (χ0n) is 20.5. The Hall–Kier alpha value is -3.84. The van der Waals surface area contributed by atoms with Gasteiger partial charge in [-0.05, 0) is 66.2 Å². The summed E-state index contributed by atoms with van der Waals surface area (Å²) in [4.78, 5) is 13.6. The van der Waals surface area contributed by atoms with Crippen LogP contribution in [0.25, 0.3) is 0 Å². The largest absolute Gasteiger partial charge is 0.478 e. The number of aromatic carboxylic acids is 1. The molecule has 190 valence electrons. The van der Waals surface area contributed by atoms with Crippen molar-refractivity contribution in [2.45, 2.75) is 13.1 Å². The first-order chi connectivity index (χ1) is 18.0. The maximum atomic E-state index is 11.3. The normalized spacial score (nSPS) is 10.9.